The van der Waals surface area contributed by atoms with Crippen LogP contribution in [0.4, 0.5) is 8.78 Å². The van der Waals surface area contributed by atoms with Gasteiger partial charge in [0.25, 0.3) is 0 Å². The molecular formula is C10H11F2NO3. The Kier molecular flexibility index (Phi) is 3.78. The summed E-state index contributed by atoms with van der Waals surface area (Å²) in [6, 6.07) is 0.600. The molecule has 0 saturated heterocycles. The van der Waals surface area contributed by atoms with Crippen molar-refractivity contribution in [1.29, 1.82) is 0 Å². The van der Waals surface area contributed by atoms with E-state index in [1.165, 1.54) is 7.11 Å². The average molecular weight is 231 g/mol. The minimum atomic E-state index is -1.15. The van der Waals surface area contributed by atoms with Crippen LogP contribution in [0, 0.1) is 11.6 Å². The Morgan fingerprint density at radius 2 is 2.19 bits per heavy atom. The van der Waals surface area contributed by atoms with Crippen LogP contribution in [0.15, 0.2) is 12.1 Å². The largest absolute Gasteiger partial charge is 0.493 e. The molecule has 88 valence electrons. The summed E-state index contributed by atoms with van der Waals surface area (Å²) in [6.45, 7) is 0. The van der Waals surface area contributed by atoms with Gasteiger partial charge in [0, 0.05) is 17.7 Å². The van der Waals surface area contributed by atoms with Crippen molar-refractivity contribution < 1.29 is 23.4 Å². The van der Waals surface area contributed by atoms with Gasteiger partial charge in [-0.25, -0.2) is 8.78 Å². The molecule has 0 aliphatic carbocycles. The van der Waals surface area contributed by atoms with Gasteiger partial charge in [-0.1, -0.05) is 0 Å². The topological polar surface area (TPSA) is 72.5 Å². The maximum absolute atomic E-state index is 13.2. The molecular weight excluding hydrogens is 220 g/mol. The normalized spacial score (nSPS) is 12.2. The first-order chi connectivity index (χ1) is 7.45. The molecule has 0 bridgehead atoms. The molecule has 0 radical (unpaired) electrons. The summed E-state index contributed by atoms with van der Waals surface area (Å²) < 4.78 is 30.9. The van der Waals surface area contributed by atoms with E-state index in [0.29, 0.717) is 6.07 Å². The Bertz CT molecular complexity index is 409. The third kappa shape index (κ3) is 2.66. The number of carboxylic acids is 1. The van der Waals surface area contributed by atoms with E-state index in [1.807, 2.05) is 0 Å². The fourth-order valence-electron chi connectivity index (χ4n) is 1.37. The molecule has 0 fully saturated rings. The molecule has 6 heteroatoms. The molecule has 1 aromatic rings. The third-order valence-electron chi connectivity index (χ3n) is 2.04. The van der Waals surface area contributed by atoms with Gasteiger partial charge < -0.3 is 15.6 Å². The highest BCUT2D eigenvalue weighted by Gasteiger charge is 2.19. The first-order valence-corrected chi connectivity index (χ1v) is 4.46. The van der Waals surface area contributed by atoms with Gasteiger partial charge >= 0.3 is 5.97 Å². The predicted octanol–water partition coefficient (Wildman–Crippen LogP) is 1.45. The maximum Gasteiger partial charge on any atom is 0.305 e. The molecule has 0 amide bonds. The van der Waals surface area contributed by atoms with Crippen LogP contribution in [0.25, 0.3) is 0 Å². The van der Waals surface area contributed by atoms with Crippen LogP contribution in [0.1, 0.15) is 18.0 Å². The Labute approximate surface area is 90.6 Å². The van der Waals surface area contributed by atoms with Gasteiger partial charge in [-0.15, -0.1) is 0 Å². The van der Waals surface area contributed by atoms with Crippen LogP contribution in [0.5, 0.6) is 5.75 Å². The molecule has 0 aliphatic rings. The van der Waals surface area contributed by atoms with Gasteiger partial charge in [-0.05, 0) is 6.07 Å². The molecule has 0 heterocycles. The van der Waals surface area contributed by atoms with E-state index in [1.54, 1.807) is 0 Å². The van der Waals surface area contributed by atoms with E-state index in [2.05, 4.69) is 0 Å². The molecule has 1 unspecified atom stereocenters. The zero-order chi connectivity index (χ0) is 12.3. The number of methoxy groups -OCH3 is 1. The molecule has 1 rings (SSSR count). The van der Waals surface area contributed by atoms with Crippen molar-refractivity contribution in [3.63, 3.8) is 0 Å². The SMILES string of the molecule is COc1c(F)cc(F)cc1C(N)CC(=O)O. The summed E-state index contributed by atoms with van der Waals surface area (Å²) in [6.07, 6.45) is -0.431. The lowest BCUT2D eigenvalue weighted by Gasteiger charge is -2.14. The van der Waals surface area contributed by atoms with Crippen LogP contribution in [0.2, 0.25) is 0 Å². The Hall–Kier alpha value is -1.69. The highest BCUT2D eigenvalue weighted by Crippen LogP contribution is 2.29. The lowest BCUT2D eigenvalue weighted by Crippen LogP contribution is -2.16. The van der Waals surface area contributed by atoms with E-state index >= 15 is 0 Å². The van der Waals surface area contributed by atoms with Gasteiger partial charge in [-0.2, -0.15) is 0 Å². The minimum Gasteiger partial charge on any atom is -0.493 e. The second-order valence-corrected chi connectivity index (χ2v) is 3.21. The number of ether oxygens (including phenoxy) is 1. The van der Waals surface area contributed by atoms with Crippen LogP contribution < -0.4 is 10.5 Å². The zero-order valence-corrected chi connectivity index (χ0v) is 8.54. The molecule has 1 aromatic carbocycles. The van der Waals surface area contributed by atoms with Crippen LogP contribution >= 0.6 is 0 Å². The fourth-order valence-corrected chi connectivity index (χ4v) is 1.37. The number of carboxylic acid groups (broad SMARTS) is 1. The summed E-state index contributed by atoms with van der Waals surface area (Å²) in [5.41, 5.74) is 5.52. The Balaban J connectivity index is 3.15. The third-order valence-corrected chi connectivity index (χ3v) is 2.04. The molecule has 0 aromatic heterocycles. The van der Waals surface area contributed by atoms with Gasteiger partial charge in [0.1, 0.15) is 5.82 Å². The maximum atomic E-state index is 13.2. The Morgan fingerprint density at radius 1 is 1.56 bits per heavy atom. The van der Waals surface area contributed by atoms with Gasteiger partial charge in [0.15, 0.2) is 11.6 Å². The molecule has 4 nitrogen and oxygen atoms in total. The average Bonchev–Trinajstić information content (AvgIpc) is 2.15. The van der Waals surface area contributed by atoms with Crippen LogP contribution in [0.3, 0.4) is 0 Å². The van der Waals surface area contributed by atoms with E-state index in [-0.39, 0.29) is 11.3 Å². The molecule has 1 atom stereocenters. The number of carbonyl (C=O) groups is 1. The van der Waals surface area contributed by atoms with Crippen molar-refractivity contribution in [2.75, 3.05) is 7.11 Å². The molecule has 0 saturated carbocycles. The number of rotatable bonds is 4. The van der Waals surface area contributed by atoms with Gasteiger partial charge in [0.2, 0.25) is 0 Å². The number of halogens is 2. The van der Waals surface area contributed by atoms with Crippen molar-refractivity contribution in [3.05, 3.63) is 29.3 Å². The van der Waals surface area contributed by atoms with Crippen molar-refractivity contribution >= 4 is 5.97 Å². The highest BCUT2D eigenvalue weighted by molar-refractivity contribution is 5.68. The summed E-state index contributed by atoms with van der Waals surface area (Å²) in [5.74, 6) is -3.11. The molecule has 16 heavy (non-hydrogen) atoms. The van der Waals surface area contributed by atoms with Crippen molar-refractivity contribution in [3.8, 4) is 5.75 Å². The number of nitrogens with two attached hydrogens (primary N) is 1. The second kappa shape index (κ2) is 4.89. The van der Waals surface area contributed by atoms with Crippen molar-refractivity contribution in [2.45, 2.75) is 12.5 Å². The van der Waals surface area contributed by atoms with E-state index < -0.39 is 30.1 Å². The lowest BCUT2D eigenvalue weighted by atomic mass is 10.0. The second-order valence-electron chi connectivity index (χ2n) is 3.21. The first kappa shape index (κ1) is 12.4. The standard InChI is InChI=1S/C10H11F2NO3/c1-16-10-6(8(13)4-9(14)15)2-5(11)3-7(10)12/h2-3,8H,4,13H2,1H3,(H,14,15). The molecule has 0 spiro atoms. The monoisotopic (exact) mass is 231 g/mol. The van der Waals surface area contributed by atoms with Gasteiger partial charge in [-0.3, -0.25) is 4.79 Å². The zero-order valence-electron chi connectivity index (χ0n) is 8.54. The smallest absolute Gasteiger partial charge is 0.305 e. The summed E-state index contributed by atoms with van der Waals surface area (Å²) >= 11 is 0. The minimum absolute atomic E-state index is 0.00222. The number of benzene rings is 1. The van der Waals surface area contributed by atoms with Crippen LogP contribution in [-0.4, -0.2) is 18.2 Å². The highest BCUT2D eigenvalue weighted by atomic mass is 19.1. The Morgan fingerprint density at radius 3 is 2.69 bits per heavy atom. The van der Waals surface area contributed by atoms with Crippen LogP contribution in [-0.2, 0) is 4.79 Å². The first-order valence-electron chi connectivity index (χ1n) is 4.46. The van der Waals surface area contributed by atoms with Gasteiger partial charge in [0.05, 0.1) is 13.5 Å². The molecule has 0 aliphatic heterocycles. The van der Waals surface area contributed by atoms with E-state index in [4.69, 9.17) is 15.6 Å². The number of hydrogen-bond donors (Lipinski definition) is 2. The fraction of sp³-hybridized carbons (Fsp3) is 0.300. The van der Waals surface area contributed by atoms with Crippen molar-refractivity contribution in [2.24, 2.45) is 5.73 Å². The van der Waals surface area contributed by atoms with Crippen molar-refractivity contribution in [1.82, 2.24) is 0 Å². The molecule has 3 N–H and O–H groups in total. The lowest BCUT2D eigenvalue weighted by molar-refractivity contribution is -0.137. The summed E-state index contributed by atoms with van der Waals surface area (Å²) in [7, 11) is 1.20. The van der Waals surface area contributed by atoms with E-state index in [0.717, 1.165) is 6.07 Å². The summed E-state index contributed by atoms with van der Waals surface area (Å²) in [5, 5.41) is 8.54. The van der Waals surface area contributed by atoms with E-state index in [9.17, 15) is 13.6 Å². The predicted molar refractivity (Wildman–Crippen MR) is 52.1 cm³/mol. The summed E-state index contributed by atoms with van der Waals surface area (Å²) in [4.78, 5) is 10.4. The number of hydrogen-bond acceptors (Lipinski definition) is 3. The quantitative estimate of drug-likeness (QED) is 0.822. The number of aliphatic carboxylic acids is 1.